The fourth-order valence-corrected chi connectivity index (χ4v) is 4.12. The zero-order chi connectivity index (χ0) is 19.2. The first kappa shape index (κ1) is 25.7. The summed E-state index contributed by atoms with van der Waals surface area (Å²) in [5, 5.41) is 6.31. The Hall–Kier alpha value is -1.31. The highest BCUT2D eigenvalue weighted by Crippen LogP contribution is 2.18. The number of hydrogen-bond acceptors (Lipinski definition) is 4. The van der Waals surface area contributed by atoms with Crippen molar-refractivity contribution in [2.24, 2.45) is 5.92 Å². The van der Waals surface area contributed by atoms with Gasteiger partial charge in [0.15, 0.2) is 0 Å². The summed E-state index contributed by atoms with van der Waals surface area (Å²) in [5.74, 6) is 2.05. The Labute approximate surface area is 186 Å². The van der Waals surface area contributed by atoms with Crippen LogP contribution in [0.5, 0.6) is 0 Å². The first-order valence-corrected chi connectivity index (χ1v) is 10.3. The van der Waals surface area contributed by atoms with Crippen LogP contribution in [0.2, 0.25) is 0 Å². The third kappa shape index (κ3) is 7.15. The molecule has 2 fully saturated rings. The van der Waals surface area contributed by atoms with E-state index in [1.165, 1.54) is 0 Å². The minimum absolute atomic E-state index is 0. The first-order valence-electron chi connectivity index (χ1n) is 10.3. The van der Waals surface area contributed by atoms with E-state index in [9.17, 15) is 9.59 Å². The van der Waals surface area contributed by atoms with Gasteiger partial charge in [-0.2, -0.15) is 0 Å². The molecule has 166 valence electrons. The van der Waals surface area contributed by atoms with Gasteiger partial charge in [-0.25, -0.2) is 4.98 Å². The molecule has 0 radical (unpaired) electrons. The highest BCUT2D eigenvalue weighted by Gasteiger charge is 2.26. The van der Waals surface area contributed by atoms with Crippen LogP contribution in [0.4, 0.5) is 0 Å². The van der Waals surface area contributed by atoms with Gasteiger partial charge in [-0.15, -0.1) is 24.8 Å². The quantitative estimate of drug-likeness (QED) is 0.671. The van der Waals surface area contributed by atoms with Crippen molar-refractivity contribution in [2.45, 2.75) is 64.5 Å². The maximum atomic E-state index is 12.7. The lowest BCUT2D eigenvalue weighted by molar-refractivity contribution is -0.133. The summed E-state index contributed by atoms with van der Waals surface area (Å²) in [5.41, 5.74) is 0. The van der Waals surface area contributed by atoms with E-state index >= 15 is 0 Å². The van der Waals surface area contributed by atoms with Gasteiger partial charge in [0, 0.05) is 50.9 Å². The summed E-state index contributed by atoms with van der Waals surface area (Å²) in [7, 11) is 0. The Bertz CT molecular complexity index is 647. The molecule has 0 bridgehead atoms. The molecular weight excluding hydrogens is 413 g/mol. The Morgan fingerprint density at radius 3 is 2.76 bits per heavy atom. The molecule has 0 saturated carbocycles. The minimum atomic E-state index is -0.0309. The van der Waals surface area contributed by atoms with Crippen molar-refractivity contribution < 1.29 is 9.59 Å². The van der Waals surface area contributed by atoms with Crippen LogP contribution < -0.4 is 10.6 Å². The molecule has 2 unspecified atom stereocenters. The van der Waals surface area contributed by atoms with Crippen molar-refractivity contribution in [3.05, 3.63) is 18.2 Å². The number of nitrogens with one attached hydrogen (secondary N) is 2. The molecule has 2 N–H and O–H groups in total. The highest BCUT2D eigenvalue weighted by atomic mass is 35.5. The SMILES string of the molecule is CC(C)c1nccn1CCC(=O)N1CCCC(CNC(=O)C2CCCN2)C1.Cl.Cl. The normalized spacial score (nSPS) is 21.4. The van der Waals surface area contributed by atoms with Crippen molar-refractivity contribution in [2.75, 3.05) is 26.2 Å². The number of likely N-dealkylation sites (tertiary alicyclic amines) is 1. The number of hydrogen-bond donors (Lipinski definition) is 2. The monoisotopic (exact) mass is 447 g/mol. The highest BCUT2D eigenvalue weighted by molar-refractivity contribution is 5.85. The molecule has 1 aromatic heterocycles. The standard InChI is InChI=1S/C20H33N5O2.2ClH/c1-15(2)19-22-9-12-24(19)11-7-18(26)25-10-4-5-16(14-25)13-23-20(27)17-6-3-8-21-17;;/h9,12,15-17,21H,3-8,10-11,13-14H2,1-2H3,(H,23,27);2*1H. The average molecular weight is 448 g/mol. The van der Waals surface area contributed by atoms with E-state index in [1.54, 1.807) is 6.20 Å². The molecule has 2 saturated heterocycles. The fraction of sp³-hybridized carbons (Fsp3) is 0.750. The van der Waals surface area contributed by atoms with Crippen LogP contribution in [-0.2, 0) is 16.1 Å². The largest absolute Gasteiger partial charge is 0.354 e. The Morgan fingerprint density at radius 2 is 2.07 bits per heavy atom. The molecule has 2 atom stereocenters. The number of aryl methyl sites for hydroxylation is 1. The number of nitrogens with zero attached hydrogens (tertiary/aromatic N) is 3. The van der Waals surface area contributed by atoms with Crippen molar-refractivity contribution in [3.63, 3.8) is 0 Å². The van der Waals surface area contributed by atoms with Gasteiger partial charge in [0.25, 0.3) is 0 Å². The summed E-state index contributed by atoms with van der Waals surface area (Å²) in [6, 6.07) is -0.0309. The Kier molecular flexibility index (Phi) is 11.0. The minimum Gasteiger partial charge on any atom is -0.354 e. The van der Waals surface area contributed by atoms with E-state index in [2.05, 4.69) is 34.0 Å². The zero-order valence-electron chi connectivity index (χ0n) is 17.4. The van der Waals surface area contributed by atoms with Crippen LogP contribution in [0, 0.1) is 5.92 Å². The predicted molar refractivity (Wildman–Crippen MR) is 119 cm³/mol. The van der Waals surface area contributed by atoms with Crippen molar-refractivity contribution in [1.29, 1.82) is 0 Å². The van der Waals surface area contributed by atoms with Crippen LogP contribution in [0.15, 0.2) is 12.4 Å². The van der Waals surface area contributed by atoms with Gasteiger partial charge in [-0.1, -0.05) is 13.8 Å². The molecule has 2 amide bonds. The molecule has 3 heterocycles. The fourth-order valence-electron chi connectivity index (χ4n) is 4.12. The summed E-state index contributed by atoms with van der Waals surface area (Å²) >= 11 is 0. The van der Waals surface area contributed by atoms with E-state index in [1.807, 2.05) is 11.1 Å². The number of carbonyl (C=O) groups excluding carboxylic acids is 2. The molecular formula is C20H35Cl2N5O2. The molecule has 2 aliphatic rings. The van der Waals surface area contributed by atoms with E-state index in [-0.39, 0.29) is 42.7 Å². The number of aromatic nitrogens is 2. The number of halogens is 2. The van der Waals surface area contributed by atoms with Crippen LogP contribution in [-0.4, -0.2) is 58.5 Å². The maximum Gasteiger partial charge on any atom is 0.237 e. The smallest absolute Gasteiger partial charge is 0.237 e. The van der Waals surface area contributed by atoms with Crippen molar-refractivity contribution in [1.82, 2.24) is 25.1 Å². The van der Waals surface area contributed by atoms with Gasteiger partial charge >= 0.3 is 0 Å². The number of piperidine rings is 1. The van der Waals surface area contributed by atoms with Gasteiger partial charge < -0.3 is 20.1 Å². The summed E-state index contributed by atoms with van der Waals surface area (Å²) in [4.78, 5) is 31.2. The molecule has 9 heteroatoms. The average Bonchev–Trinajstić information content (AvgIpc) is 3.36. The topological polar surface area (TPSA) is 79.3 Å². The lowest BCUT2D eigenvalue weighted by Crippen LogP contribution is -2.46. The Morgan fingerprint density at radius 1 is 1.28 bits per heavy atom. The van der Waals surface area contributed by atoms with E-state index < -0.39 is 0 Å². The third-order valence-electron chi connectivity index (χ3n) is 5.64. The molecule has 7 nitrogen and oxygen atoms in total. The molecule has 1 aromatic rings. The van der Waals surface area contributed by atoms with E-state index in [0.29, 0.717) is 31.3 Å². The van der Waals surface area contributed by atoms with Crippen LogP contribution in [0.25, 0.3) is 0 Å². The maximum absolute atomic E-state index is 12.7. The van der Waals surface area contributed by atoms with Gasteiger partial charge in [0.2, 0.25) is 11.8 Å². The number of amides is 2. The van der Waals surface area contributed by atoms with E-state index in [0.717, 1.165) is 51.1 Å². The second-order valence-electron chi connectivity index (χ2n) is 8.13. The first-order chi connectivity index (χ1) is 13.0. The molecule has 29 heavy (non-hydrogen) atoms. The molecule has 0 aromatic carbocycles. The Balaban J connectivity index is 0.00000210. The predicted octanol–water partition coefficient (Wildman–Crippen LogP) is 2.35. The van der Waals surface area contributed by atoms with Crippen molar-refractivity contribution >= 4 is 36.6 Å². The van der Waals surface area contributed by atoms with Gasteiger partial charge in [-0.3, -0.25) is 9.59 Å². The van der Waals surface area contributed by atoms with Crippen LogP contribution in [0.1, 0.15) is 57.7 Å². The lowest BCUT2D eigenvalue weighted by atomic mass is 9.97. The zero-order valence-corrected chi connectivity index (χ0v) is 19.1. The van der Waals surface area contributed by atoms with Crippen molar-refractivity contribution in [3.8, 4) is 0 Å². The molecule has 0 aliphatic carbocycles. The molecule has 2 aliphatic heterocycles. The summed E-state index contributed by atoms with van der Waals surface area (Å²) < 4.78 is 2.08. The second kappa shape index (κ2) is 12.4. The summed E-state index contributed by atoms with van der Waals surface area (Å²) in [6.45, 7) is 8.08. The lowest BCUT2D eigenvalue weighted by Gasteiger charge is -2.33. The number of imidazole rings is 1. The third-order valence-corrected chi connectivity index (χ3v) is 5.64. The van der Waals surface area contributed by atoms with Crippen LogP contribution in [0.3, 0.4) is 0 Å². The van der Waals surface area contributed by atoms with Gasteiger partial charge in [0.1, 0.15) is 5.82 Å². The molecule has 3 rings (SSSR count). The number of rotatable bonds is 7. The summed E-state index contributed by atoms with van der Waals surface area (Å²) in [6.07, 6.45) is 8.33. The van der Waals surface area contributed by atoms with Gasteiger partial charge in [-0.05, 0) is 38.1 Å². The number of carbonyl (C=O) groups is 2. The van der Waals surface area contributed by atoms with Gasteiger partial charge in [0.05, 0.1) is 6.04 Å². The van der Waals surface area contributed by atoms with Crippen LogP contribution >= 0.6 is 24.8 Å². The van der Waals surface area contributed by atoms with E-state index in [4.69, 9.17) is 0 Å². The molecule has 0 spiro atoms. The second-order valence-corrected chi connectivity index (χ2v) is 8.13.